The number of nitrogens with zero attached hydrogens (tertiary/aromatic N) is 1. The Morgan fingerprint density at radius 2 is 1.89 bits per heavy atom. The Labute approximate surface area is 123 Å². The molecule has 0 saturated carbocycles. The number of hydrogen-bond acceptors (Lipinski definition) is 2. The van der Waals surface area contributed by atoms with Gasteiger partial charge in [0, 0.05) is 23.2 Å². The Balaban J connectivity index is 3.00. The van der Waals surface area contributed by atoms with Gasteiger partial charge in [-0.15, -0.1) is 0 Å². The largest absolute Gasteiger partial charge is 0.478 e. The first-order chi connectivity index (χ1) is 9.01. The van der Waals surface area contributed by atoms with Crippen LogP contribution in [0.2, 0.25) is 0 Å². The third kappa shape index (κ3) is 4.53. The fourth-order valence-corrected chi connectivity index (χ4v) is 2.64. The fraction of sp³-hybridized carbons (Fsp3) is 0.533. The first kappa shape index (κ1) is 16.0. The van der Waals surface area contributed by atoms with Gasteiger partial charge in [-0.25, -0.2) is 4.79 Å². The molecule has 0 bridgehead atoms. The van der Waals surface area contributed by atoms with Crippen LogP contribution >= 0.6 is 15.9 Å². The lowest BCUT2D eigenvalue weighted by atomic mass is 10.0. The van der Waals surface area contributed by atoms with Gasteiger partial charge in [-0.2, -0.15) is 0 Å². The van der Waals surface area contributed by atoms with Crippen LogP contribution in [0, 0.1) is 5.92 Å². The average molecular weight is 328 g/mol. The minimum Gasteiger partial charge on any atom is -0.478 e. The summed E-state index contributed by atoms with van der Waals surface area (Å²) in [5, 5.41) is 9.12. The van der Waals surface area contributed by atoms with Crippen molar-refractivity contribution in [2.75, 3.05) is 18.0 Å². The number of carboxylic acids is 1. The van der Waals surface area contributed by atoms with Gasteiger partial charge in [0.25, 0.3) is 0 Å². The van der Waals surface area contributed by atoms with Crippen LogP contribution in [0.15, 0.2) is 22.7 Å². The van der Waals surface area contributed by atoms with E-state index in [-0.39, 0.29) is 0 Å². The maximum Gasteiger partial charge on any atom is 0.335 e. The lowest BCUT2D eigenvalue weighted by Gasteiger charge is -2.28. The molecular weight excluding hydrogens is 306 g/mol. The van der Waals surface area contributed by atoms with Crippen molar-refractivity contribution in [2.24, 2.45) is 5.92 Å². The van der Waals surface area contributed by atoms with Crippen LogP contribution in [-0.4, -0.2) is 24.2 Å². The third-order valence-corrected chi connectivity index (χ3v) is 3.97. The van der Waals surface area contributed by atoms with E-state index in [1.165, 1.54) is 0 Å². The maximum absolute atomic E-state index is 11.1. The molecule has 0 aliphatic rings. The summed E-state index contributed by atoms with van der Waals surface area (Å²) in [5.74, 6) is -0.242. The first-order valence-corrected chi connectivity index (χ1v) is 7.59. The molecule has 0 spiro atoms. The van der Waals surface area contributed by atoms with Crippen molar-refractivity contribution in [3.63, 3.8) is 0 Å². The molecule has 0 atom stereocenters. The van der Waals surface area contributed by atoms with Crippen LogP contribution in [0.5, 0.6) is 0 Å². The molecule has 0 heterocycles. The summed E-state index contributed by atoms with van der Waals surface area (Å²) in [6.45, 7) is 8.35. The van der Waals surface area contributed by atoms with E-state index < -0.39 is 5.97 Å². The maximum atomic E-state index is 11.1. The minimum atomic E-state index is -0.888. The molecule has 1 N–H and O–H groups in total. The van der Waals surface area contributed by atoms with Gasteiger partial charge in [-0.05, 0) is 31.0 Å². The van der Waals surface area contributed by atoms with E-state index >= 15 is 0 Å². The van der Waals surface area contributed by atoms with Crippen molar-refractivity contribution in [3.05, 3.63) is 28.2 Å². The highest BCUT2D eigenvalue weighted by Gasteiger charge is 2.13. The number of aromatic carboxylic acids is 1. The van der Waals surface area contributed by atoms with Crippen LogP contribution in [0.3, 0.4) is 0 Å². The Bertz CT molecular complexity index is 430. The van der Waals surface area contributed by atoms with E-state index in [0.29, 0.717) is 11.5 Å². The Hall–Kier alpha value is -1.03. The van der Waals surface area contributed by atoms with E-state index in [4.69, 9.17) is 5.11 Å². The Morgan fingerprint density at radius 1 is 1.26 bits per heavy atom. The monoisotopic (exact) mass is 327 g/mol. The molecule has 0 radical (unpaired) electrons. The number of carbonyl (C=O) groups is 1. The van der Waals surface area contributed by atoms with Gasteiger partial charge in [-0.1, -0.05) is 42.6 Å². The van der Waals surface area contributed by atoms with E-state index in [2.05, 4.69) is 41.6 Å². The number of carboxylic acid groups (broad SMARTS) is 1. The molecule has 1 aromatic rings. The summed E-state index contributed by atoms with van der Waals surface area (Å²) in [6.07, 6.45) is 2.29. The van der Waals surface area contributed by atoms with Crippen molar-refractivity contribution in [1.82, 2.24) is 0 Å². The van der Waals surface area contributed by atoms with Gasteiger partial charge in [0.1, 0.15) is 0 Å². The van der Waals surface area contributed by atoms with Crippen molar-refractivity contribution in [2.45, 2.75) is 33.6 Å². The van der Waals surface area contributed by atoms with E-state index in [1.54, 1.807) is 12.1 Å². The molecule has 0 saturated heterocycles. The van der Waals surface area contributed by atoms with Crippen molar-refractivity contribution in [3.8, 4) is 0 Å². The predicted molar refractivity (Wildman–Crippen MR) is 83.1 cm³/mol. The van der Waals surface area contributed by atoms with Crippen LogP contribution in [0.4, 0.5) is 5.69 Å². The molecular formula is C15H22BrNO2. The molecule has 106 valence electrons. The second-order valence-electron chi connectivity index (χ2n) is 4.72. The topological polar surface area (TPSA) is 40.5 Å². The molecule has 1 aromatic carbocycles. The molecule has 0 amide bonds. The van der Waals surface area contributed by atoms with Crippen LogP contribution in [-0.2, 0) is 0 Å². The van der Waals surface area contributed by atoms with Crippen molar-refractivity contribution < 1.29 is 9.90 Å². The molecule has 19 heavy (non-hydrogen) atoms. The molecule has 0 aliphatic carbocycles. The summed E-state index contributed by atoms with van der Waals surface area (Å²) in [6, 6.07) is 5.37. The lowest BCUT2D eigenvalue weighted by Crippen LogP contribution is -2.29. The Kier molecular flexibility index (Phi) is 6.35. The number of hydrogen-bond donors (Lipinski definition) is 1. The van der Waals surface area contributed by atoms with E-state index in [1.807, 2.05) is 6.07 Å². The fourth-order valence-electron chi connectivity index (χ4n) is 2.16. The molecule has 4 heteroatoms. The van der Waals surface area contributed by atoms with Gasteiger partial charge in [-0.3, -0.25) is 0 Å². The summed E-state index contributed by atoms with van der Waals surface area (Å²) in [4.78, 5) is 13.4. The molecule has 1 rings (SSSR count). The van der Waals surface area contributed by atoms with Gasteiger partial charge < -0.3 is 10.0 Å². The highest BCUT2D eigenvalue weighted by molar-refractivity contribution is 9.10. The second-order valence-corrected chi connectivity index (χ2v) is 5.64. The summed E-state index contributed by atoms with van der Waals surface area (Å²) in [5.41, 5.74) is 1.30. The predicted octanol–water partition coefficient (Wildman–Crippen LogP) is 4.41. The average Bonchev–Trinajstić information content (AvgIpc) is 2.39. The summed E-state index contributed by atoms with van der Waals surface area (Å²) < 4.78 is 0.811. The van der Waals surface area contributed by atoms with E-state index in [9.17, 15) is 4.79 Å². The van der Waals surface area contributed by atoms with Gasteiger partial charge >= 0.3 is 5.97 Å². The van der Waals surface area contributed by atoms with E-state index in [0.717, 1.165) is 36.1 Å². The van der Waals surface area contributed by atoms with Gasteiger partial charge in [0.2, 0.25) is 0 Å². The van der Waals surface area contributed by atoms with Crippen molar-refractivity contribution in [1.29, 1.82) is 0 Å². The standard InChI is InChI=1S/C15H22BrNO2/c1-4-11(5-2)10-17(6-3)14-8-12(15(18)19)7-13(16)9-14/h7-9,11H,4-6,10H2,1-3H3,(H,18,19). The Morgan fingerprint density at radius 3 is 2.37 bits per heavy atom. The molecule has 0 aromatic heterocycles. The highest BCUT2D eigenvalue weighted by atomic mass is 79.9. The van der Waals surface area contributed by atoms with Crippen LogP contribution in [0.1, 0.15) is 44.0 Å². The third-order valence-electron chi connectivity index (χ3n) is 3.51. The zero-order valence-corrected chi connectivity index (χ0v) is 13.4. The highest BCUT2D eigenvalue weighted by Crippen LogP contribution is 2.24. The quantitative estimate of drug-likeness (QED) is 0.806. The number of benzene rings is 1. The summed E-state index contributed by atoms with van der Waals surface area (Å²) >= 11 is 3.39. The molecule has 0 unspecified atom stereocenters. The molecule has 0 aliphatic heterocycles. The van der Waals surface area contributed by atoms with Gasteiger partial charge in [0.15, 0.2) is 0 Å². The number of anilines is 1. The second kappa shape index (κ2) is 7.53. The number of halogens is 1. The number of rotatable bonds is 7. The van der Waals surface area contributed by atoms with Crippen LogP contribution in [0.25, 0.3) is 0 Å². The van der Waals surface area contributed by atoms with Crippen molar-refractivity contribution >= 4 is 27.6 Å². The van der Waals surface area contributed by atoms with Crippen LogP contribution < -0.4 is 4.90 Å². The zero-order valence-electron chi connectivity index (χ0n) is 11.8. The summed E-state index contributed by atoms with van der Waals surface area (Å²) in [7, 11) is 0. The molecule has 3 nitrogen and oxygen atoms in total. The SMILES string of the molecule is CCC(CC)CN(CC)c1cc(Br)cc(C(=O)O)c1. The minimum absolute atomic E-state index is 0.326. The smallest absolute Gasteiger partial charge is 0.335 e. The lowest BCUT2D eigenvalue weighted by molar-refractivity contribution is 0.0697. The normalized spacial score (nSPS) is 10.8. The first-order valence-electron chi connectivity index (χ1n) is 6.80. The zero-order chi connectivity index (χ0) is 14.4. The van der Waals surface area contributed by atoms with Gasteiger partial charge in [0.05, 0.1) is 5.56 Å². The molecule has 0 fully saturated rings.